The van der Waals surface area contributed by atoms with Gasteiger partial charge in [-0.3, -0.25) is 4.72 Å². The first kappa shape index (κ1) is 20.9. The summed E-state index contributed by atoms with van der Waals surface area (Å²) in [4.78, 5) is -0.318. The summed E-state index contributed by atoms with van der Waals surface area (Å²) in [6.45, 7) is 1.53. The summed E-state index contributed by atoms with van der Waals surface area (Å²) in [7, 11) is -8.06. The Balaban J connectivity index is 1.96. The van der Waals surface area contributed by atoms with Gasteiger partial charge in [0.15, 0.2) is 0 Å². The van der Waals surface area contributed by atoms with E-state index in [4.69, 9.17) is 5.14 Å². The number of benzene rings is 3. The molecule has 0 aliphatic rings. The second kappa shape index (κ2) is 7.54. The van der Waals surface area contributed by atoms with Gasteiger partial charge in [-0.05, 0) is 60.5 Å². The molecule has 0 aliphatic carbocycles. The summed E-state index contributed by atoms with van der Waals surface area (Å²) in [5.41, 5.74) is 0.855. The standard InChI is InChI=1S/C19H16F2N2O4S2/c1-12-9-13(17-7-6-14(20)10-18(17)21)5-8-19(12)29(26,27)23-15-3-2-4-16(11-15)28(22,24)25/h2-11,23H,1H3,(H2,22,24,25). The van der Waals surface area contributed by atoms with E-state index in [1.54, 1.807) is 0 Å². The van der Waals surface area contributed by atoms with Gasteiger partial charge in [0, 0.05) is 11.6 Å². The third kappa shape index (κ3) is 4.61. The fraction of sp³-hybridized carbons (Fsp3) is 0.0526. The molecular weight excluding hydrogens is 422 g/mol. The Morgan fingerprint density at radius 2 is 1.62 bits per heavy atom. The van der Waals surface area contributed by atoms with E-state index in [1.807, 2.05) is 0 Å². The van der Waals surface area contributed by atoms with Crippen LogP contribution in [0.1, 0.15) is 5.56 Å². The predicted octanol–water partition coefficient (Wildman–Crippen LogP) is 3.39. The van der Waals surface area contributed by atoms with Crippen LogP contribution in [0, 0.1) is 18.6 Å². The Hall–Kier alpha value is -2.82. The van der Waals surface area contributed by atoms with Crippen LogP contribution < -0.4 is 9.86 Å². The van der Waals surface area contributed by atoms with Gasteiger partial charge in [-0.2, -0.15) is 0 Å². The topological polar surface area (TPSA) is 106 Å². The van der Waals surface area contributed by atoms with Crippen LogP contribution in [0.5, 0.6) is 0 Å². The maximum Gasteiger partial charge on any atom is 0.262 e. The van der Waals surface area contributed by atoms with Crippen LogP contribution in [-0.2, 0) is 20.0 Å². The molecular formula is C19H16F2N2O4S2. The molecule has 0 saturated heterocycles. The minimum absolute atomic E-state index is 0.0181. The average Bonchev–Trinajstić information content (AvgIpc) is 2.60. The summed E-state index contributed by atoms with van der Waals surface area (Å²) in [6.07, 6.45) is 0. The number of primary sulfonamides is 1. The number of sulfonamides is 2. The highest BCUT2D eigenvalue weighted by atomic mass is 32.2. The quantitative estimate of drug-likeness (QED) is 0.637. The lowest BCUT2D eigenvalue weighted by Crippen LogP contribution is -2.16. The van der Waals surface area contributed by atoms with Gasteiger partial charge < -0.3 is 0 Å². The normalized spacial score (nSPS) is 12.0. The molecule has 29 heavy (non-hydrogen) atoms. The van der Waals surface area contributed by atoms with Crippen LogP contribution in [0.25, 0.3) is 11.1 Å². The molecule has 0 radical (unpaired) electrons. The van der Waals surface area contributed by atoms with E-state index in [0.717, 1.165) is 18.2 Å². The monoisotopic (exact) mass is 438 g/mol. The molecule has 152 valence electrons. The van der Waals surface area contributed by atoms with E-state index in [2.05, 4.69) is 4.72 Å². The lowest BCUT2D eigenvalue weighted by Gasteiger charge is -2.13. The summed E-state index contributed by atoms with van der Waals surface area (Å²) >= 11 is 0. The number of halogens is 2. The van der Waals surface area contributed by atoms with Crippen molar-refractivity contribution in [2.75, 3.05) is 4.72 Å². The van der Waals surface area contributed by atoms with E-state index in [-0.39, 0.29) is 21.0 Å². The highest BCUT2D eigenvalue weighted by molar-refractivity contribution is 7.92. The summed E-state index contributed by atoms with van der Waals surface area (Å²) in [5, 5.41) is 5.06. The maximum absolute atomic E-state index is 14.0. The van der Waals surface area contributed by atoms with Crippen molar-refractivity contribution in [2.45, 2.75) is 16.7 Å². The van der Waals surface area contributed by atoms with Crippen molar-refractivity contribution in [3.63, 3.8) is 0 Å². The molecule has 0 fully saturated rings. The number of nitrogens with one attached hydrogen (secondary N) is 1. The first-order valence-electron chi connectivity index (χ1n) is 8.19. The smallest absolute Gasteiger partial charge is 0.262 e. The number of rotatable bonds is 5. The SMILES string of the molecule is Cc1cc(-c2ccc(F)cc2F)ccc1S(=O)(=O)Nc1cccc(S(N)(=O)=O)c1. The molecule has 0 saturated carbocycles. The van der Waals surface area contributed by atoms with Crippen molar-refractivity contribution >= 4 is 25.7 Å². The predicted molar refractivity (Wildman–Crippen MR) is 105 cm³/mol. The van der Waals surface area contributed by atoms with Crippen molar-refractivity contribution in [2.24, 2.45) is 5.14 Å². The molecule has 3 rings (SSSR count). The maximum atomic E-state index is 14.0. The zero-order valence-electron chi connectivity index (χ0n) is 15.1. The molecule has 0 heterocycles. The van der Waals surface area contributed by atoms with Crippen molar-refractivity contribution in [1.82, 2.24) is 0 Å². The number of nitrogens with two attached hydrogens (primary N) is 1. The zero-order valence-corrected chi connectivity index (χ0v) is 16.7. The molecule has 0 spiro atoms. The van der Waals surface area contributed by atoms with E-state index < -0.39 is 31.7 Å². The third-order valence-corrected chi connectivity index (χ3v) is 6.57. The van der Waals surface area contributed by atoms with Crippen LogP contribution in [0.4, 0.5) is 14.5 Å². The fourth-order valence-corrected chi connectivity index (χ4v) is 4.63. The molecule has 3 aromatic rings. The van der Waals surface area contributed by atoms with Gasteiger partial charge in [-0.1, -0.05) is 12.1 Å². The van der Waals surface area contributed by atoms with Gasteiger partial charge in [0.1, 0.15) is 11.6 Å². The molecule has 3 aromatic carbocycles. The number of hydrogen-bond donors (Lipinski definition) is 2. The lowest BCUT2D eigenvalue weighted by molar-refractivity contribution is 0.585. The molecule has 0 amide bonds. The lowest BCUT2D eigenvalue weighted by atomic mass is 10.0. The van der Waals surface area contributed by atoms with Crippen LogP contribution >= 0.6 is 0 Å². The Morgan fingerprint density at radius 1 is 0.897 bits per heavy atom. The second-order valence-electron chi connectivity index (χ2n) is 6.28. The van der Waals surface area contributed by atoms with Crippen molar-refractivity contribution in [3.05, 3.63) is 77.9 Å². The third-order valence-electron chi connectivity index (χ3n) is 4.12. The number of anilines is 1. The molecule has 0 aromatic heterocycles. The molecule has 10 heteroatoms. The first-order chi connectivity index (χ1) is 13.5. The molecule has 6 nitrogen and oxygen atoms in total. The van der Waals surface area contributed by atoms with Gasteiger partial charge in [-0.25, -0.2) is 30.8 Å². The summed E-state index contributed by atoms with van der Waals surface area (Å²) in [5.74, 6) is -1.48. The van der Waals surface area contributed by atoms with Gasteiger partial charge in [0.25, 0.3) is 10.0 Å². The molecule has 3 N–H and O–H groups in total. The molecule has 0 aliphatic heterocycles. The van der Waals surface area contributed by atoms with Crippen LogP contribution in [0.3, 0.4) is 0 Å². The second-order valence-corrected chi connectivity index (χ2v) is 9.50. The largest absolute Gasteiger partial charge is 0.280 e. The molecule has 0 atom stereocenters. The highest BCUT2D eigenvalue weighted by Crippen LogP contribution is 2.28. The highest BCUT2D eigenvalue weighted by Gasteiger charge is 2.19. The number of hydrogen-bond acceptors (Lipinski definition) is 4. The molecule has 0 unspecified atom stereocenters. The summed E-state index contributed by atoms with van der Waals surface area (Å²) < 4.78 is 77.7. The van der Waals surface area contributed by atoms with Gasteiger partial charge >= 0.3 is 0 Å². The summed E-state index contributed by atoms with van der Waals surface area (Å²) in [6, 6.07) is 12.4. The zero-order chi connectivity index (χ0) is 21.4. The number of aryl methyl sites for hydroxylation is 1. The average molecular weight is 438 g/mol. The Bertz CT molecular complexity index is 1310. The Kier molecular flexibility index (Phi) is 5.44. The van der Waals surface area contributed by atoms with Crippen molar-refractivity contribution in [1.29, 1.82) is 0 Å². The van der Waals surface area contributed by atoms with E-state index >= 15 is 0 Å². The van der Waals surface area contributed by atoms with Crippen LogP contribution in [0.2, 0.25) is 0 Å². The van der Waals surface area contributed by atoms with Gasteiger partial charge in [0.05, 0.1) is 15.5 Å². The van der Waals surface area contributed by atoms with E-state index in [9.17, 15) is 25.6 Å². The van der Waals surface area contributed by atoms with E-state index in [0.29, 0.717) is 11.1 Å². The van der Waals surface area contributed by atoms with Crippen LogP contribution in [-0.4, -0.2) is 16.8 Å². The van der Waals surface area contributed by atoms with E-state index in [1.165, 1.54) is 49.4 Å². The van der Waals surface area contributed by atoms with Crippen molar-refractivity contribution < 1.29 is 25.6 Å². The minimum Gasteiger partial charge on any atom is -0.280 e. The van der Waals surface area contributed by atoms with Gasteiger partial charge in [-0.15, -0.1) is 0 Å². The van der Waals surface area contributed by atoms with Crippen LogP contribution in [0.15, 0.2) is 70.5 Å². The first-order valence-corrected chi connectivity index (χ1v) is 11.2. The Labute approximate surface area is 167 Å². The Morgan fingerprint density at radius 3 is 2.24 bits per heavy atom. The van der Waals surface area contributed by atoms with Crippen molar-refractivity contribution in [3.8, 4) is 11.1 Å². The molecule has 0 bridgehead atoms. The van der Waals surface area contributed by atoms with Gasteiger partial charge in [0.2, 0.25) is 10.0 Å². The minimum atomic E-state index is -4.06. The fourth-order valence-electron chi connectivity index (χ4n) is 2.79.